The first-order chi connectivity index (χ1) is 7.54. The van der Waals surface area contributed by atoms with E-state index in [1.807, 2.05) is 25.1 Å². The Morgan fingerprint density at radius 2 is 2.31 bits per heavy atom. The molecule has 0 saturated carbocycles. The summed E-state index contributed by atoms with van der Waals surface area (Å²) in [6.07, 6.45) is 0. The molecule has 0 saturated heterocycles. The topological polar surface area (TPSA) is 35.2 Å². The van der Waals surface area contributed by atoms with E-state index in [0.717, 1.165) is 15.8 Å². The molecule has 1 rings (SSSR count). The second-order valence-electron chi connectivity index (χ2n) is 3.32. The number of rotatable bonds is 4. The lowest BCUT2D eigenvalue weighted by Crippen LogP contribution is -2.08. The predicted molar refractivity (Wildman–Crippen MR) is 72.0 cm³/mol. The lowest BCUT2D eigenvalue weighted by molar-refractivity contribution is 0.353. The quantitative estimate of drug-likeness (QED) is 0.902. The minimum absolute atomic E-state index is 0.105. The summed E-state index contributed by atoms with van der Waals surface area (Å²) < 4.78 is 6.48. The molecule has 2 N–H and O–H groups in total. The Balaban J connectivity index is 2.87. The van der Waals surface area contributed by atoms with E-state index in [0.29, 0.717) is 5.03 Å². The normalized spacial score (nSPS) is 13.7. The van der Waals surface area contributed by atoms with Gasteiger partial charge < -0.3 is 10.5 Å². The van der Waals surface area contributed by atoms with Gasteiger partial charge in [-0.3, -0.25) is 0 Å². The van der Waals surface area contributed by atoms with Crippen molar-refractivity contribution in [2.75, 3.05) is 6.61 Å². The summed E-state index contributed by atoms with van der Waals surface area (Å²) in [5, 5.41) is 0.445. The van der Waals surface area contributed by atoms with Gasteiger partial charge >= 0.3 is 0 Å². The number of hydrogen-bond donors (Lipinski definition) is 1. The summed E-state index contributed by atoms with van der Waals surface area (Å²) in [7, 11) is 0. The fourth-order valence-corrected chi connectivity index (χ4v) is 1.68. The van der Waals surface area contributed by atoms with Crippen molar-refractivity contribution in [2.24, 2.45) is 5.73 Å². The zero-order valence-corrected chi connectivity index (χ0v) is 11.8. The third-order valence-electron chi connectivity index (χ3n) is 1.95. The molecule has 16 heavy (non-hydrogen) atoms. The van der Waals surface area contributed by atoms with E-state index in [9.17, 15) is 0 Å². The van der Waals surface area contributed by atoms with Crippen molar-refractivity contribution in [1.29, 1.82) is 0 Å². The number of benzene rings is 1. The maximum Gasteiger partial charge on any atom is 0.125 e. The smallest absolute Gasteiger partial charge is 0.125 e. The van der Waals surface area contributed by atoms with Gasteiger partial charge in [0.2, 0.25) is 0 Å². The highest BCUT2D eigenvalue weighted by atomic mass is 79.9. The monoisotopic (exact) mass is 323 g/mol. The minimum Gasteiger partial charge on any atom is -0.488 e. The summed E-state index contributed by atoms with van der Waals surface area (Å²) in [5.41, 5.74) is 8.06. The van der Waals surface area contributed by atoms with Crippen molar-refractivity contribution in [3.63, 3.8) is 0 Å². The summed E-state index contributed by atoms with van der Waals surface area (Å²) in [4.78, 5) is 0. The molecule has 0 fully saturated rings. The van der Waals surface area contributed by atoms with Crippen LogP contribution in [0.15, 0.2) is 33.2 Å². The van der Waals surface area contributed by atoms with Crippen LogP contribution in [-0.4, -0.2) is 6.61 Å². The van der Waals surface area contributed by atoms with Crippen LogP contribution in [0.1, 0.15) is 18.5 Å². The first-order valence-corrected chi connectivity index (χ1v) is 6.28. The standard InChI is InChI=1S/C11H12BrCl2NO/c1-7(15)10-4-8(12)2-3-11(10)16-6-9(14)5-13/h2-5,7H,6,15H2,1H3. The number of nitrogens with two attached hydrogens (primary N) is 1. The Hall–Kier alpha value is -0.220. The summed E-state index contributed by atoms with van der Waals surface area (Å²) in [5.74, 6) is 0.717. The van der Waals surface area contributed by atoms with E-state index in [1.165, 1.54) is 5.54 Å². The fourth-order valence-electron chi connectivity index (χ4n) is 1.18. The van der Waals surface area contributed by atoms with E-state index < -0.39 is 0 Å². The Bertz CT molecular complexity index is 394. The molecule has 1 aromatic rings. The zero-order valence-electron chi connectivity index (χ0n) is 8.71. The van der Waals surface area contributed by atoms with Crippen LogP contribution < -0.4 is 10.5 Å². The van der Waals surface area contributed by atoms with Gasteiger partial charge in [0.25, 0.3) is 0 Å². The molecule has 0 aromatic heterocycles. The van der Waals surface area contributed by atoms with E-state index in [-0.39, 0.29) is 12.6 Å². The zero-order chi connectivity index (χ0) is 12.1. The van der Waals surface area contributed by atoms with Crippen LogP contribution >= 0.6 is 39.1 Å². The average Bonchev–Trinajstić information content (AvgIpc) is 2.26. The van der Waals surface area contributed by atoms with Gasteiger partial charge in [-0.2, -0.15) is 0 Å². The van der Waals surface area contributed by atoms with E-state index >= 15 is 0 Å². The van der Waals surface area contributed by atoms with Crippen molar-refractivity contribution >= 4 is 39.1 Å². The van der Waals surface area contributed by atoms with Gasteiger partial charge in [-0.1, -0.05) is 39.1 Å². The second kappa shape index (κ2) is 6.50. The van der Waals surface area contributed by atoms with E-state index in [1.54, 1.807) is 0 Å². The fraction of sp³-hybridized carbons (Fsp3) is 0.273. The molecule has 1 atom stereocenters. The highest BCUT2D eigenvalue weighted by Gasteiger charge is 2.09. The predicted octanol–water partition coefficient (Wildman–Crippen LogP) is 4.17. The Kier molecular flexibility index (Phi) is 5.62. The van der Waals surface area contributed by atoms with Crippen LogP contribution in [-0.2, 0) is 0 Å². The first-order valence-electron chi connectivity index (χ1n) is 4.67. The van der Waals surface area contributed by atoms with Gasteiger partial charge in [0.1, 0.15) is 12.4 Å². The largest absolute Gasteiger partial charge is 0.488 e. The van der Waals surface area contributed by atoms with Crippen LogP contribution in [0.4, 0.5) is 0 Å². The van der Waals surface area contributed by atoms with Gasteiger partial charge in [0.15, 0.2) is 0 Å². The molecule has 0 heterocycles. The molecule has 2 nitrogen and oxygen atoms in total. The molecule has 1 aromatic carbocycles. The molecule has 0 aliphatic heterocycles. The maximum absolute atomic E-state index is 5.85. The Morgan fingerprint density at radius 1 is 1.62 bits per heavy atom. The molecule has 1 unspecified atom stereocenters. The molecule has 0 amide bonds. The number of ether oxygens (including phenoxy) is 1. The number of hydrogen-bond acceptors (Lipinski definition) is 2. The maximum atomic E-state index is 5.85. The van der Waals surface area contributed by atoms with Crippen LogP contribution in [0, 0.1) is 0 Å². The lowest BCUT2D eigenvalue weighted by atomic mass is 10.1. The van der Waals surface area contributed by atoms with Crippen LogP contribution in [0.5, 0.6) is 5.75 Å². The van der Waals surface area contributed by atoms with Gasteiger partial charge in [0.05, 0.1) is 5.03 Å². The molecular weight excluding hydrogens is 313 g/mol. The summed E-state index contributed by atoms with van der Waals surface area (Å²) in [6.45, 7) is 2.14. The van der Waals surface area contributed by atoms with Gasteiger partial charge in [-0.15, -0.1) is 0 Å². The molecule has 0 aliphatic carbocycles. The van der Waals surface area contributed by atoms with Crippen LogP contribution in [0.25, 0.3) is 0 Å². The second-order valence-corrected chi connectivity index (χ2v) is 4.93. The molecule has 0 radical (unpaired) electrons. The van der Waals surface area contributed by atoms with Crippen LogP contribution in [0.2, 0.25) is 0 Å². The Morgan fingerprint density at radius 3 is 2.88 bits per heavy atom. The van der Waals surface area contributed by atoms with Gasteiger partial charge in [-0.25, -0.2) is 0 Å². The SMILES string of the molecule is CC(N)c1cc(Br)ccc1OCC(Cl)=CCl. The molecule has 88 valence electrons. The van der Waals surface area contributed by atoms with Crippen molar-refractivity contribution in [3.8, 4) is 5.75 Å². The van der Waals surface area contributed by atoms with Crippen LogP contribution in [0.3, 0.4) is 0 Å². The summed E-state index contributed by atoms with van der Waals surface area (Å²) >= 11 is 14.6. The lowest BCUT2D eigenvalue weighted by Gasteiger charge is -2.14. The molecule has 0 aliphatic rings. The van der Waals surface area contributed by atoms with E-state index in [4.69, 9.17) is 33.7 Å². The van der Waals surface area contributed by atoms with Crippen molar-refractivity contribution in [2.45, 2.75) is 13.0 Å². The minimum atomic E-state index is -0.105. The molecule has 0 bridgehead atoms. The van der Waals surface area contributed by atoms with Crippen molar-refractivity contribution in [1.82, 2.24) is 0 Å². The third-order valence-corrected chi connectivity index (χ3v) is 3.03. The van der Waals surface area contributed by atoms with Crippen molar-refractivity contribution < 1.29 is 4.74 Å². The molecular formula is C11H12BrCl2NO. The molecule has 5 heteroatoms. The average molecular weight is 325 g/mol. The Labute approximate surface area is 113 Å². The summed E-state index contributed by atoms with van der Waals surface area (Å²) in [6, 6.07) is 5.56. The van der Waals surface area contributed by atoms with Crippen molar-refractivity contribution in [3.05, 3.63) is 38.8 Å². The first kappa shape index (κ1) is 13.8. The van der Waals surface area contributed by atoms with Gasteiger partial charge in [-0.05, 0) is 25.1 Å². The highest BCUT2D eigenvalue weighted by Crippen LogP contribution is 2.28. The van der Waals surface area contributed by atoms with E-state index in [2.05, 4.69) is 15.9 Å². The number of halogens is 3. The molecule has 0 spiro atoms. The third kappa shape index (κ3) is 3.98. The van der Waals surface area contributed by atoms with Gasteiger partial charge in [0, 0.05) is 21.6 Å². The highest BCUT2D eigenvalue weighted by molar-refractivity contribution is 9.10.